The van der Waals surface area contributed by atoms with Crippen LogP contribution in [0.25, 0.3) is 16.9 Å². The molecule has 0 saturated heterocycles. The fraction of sp³-hybridized carbons (Fsp3) is 0.270. The predicted molar refractivity (Wildman–Crippen MR) is 187 cm³/mol. The van der Waals surface area contributed by atoms with E-state index in [4.69, 9.17) is 4.74 Å². The second-order valence-electron chi connectivity index (χ2n) is 12.9. The summed E-state index contributed by atoms with van der Waals surface area (Å²) in [6.45, 7) is 1.65. The Morgan fingerprint density at radius 1 is 1.08 bits per heavy atom. The molecular formula is C37H32BrF3N6O5. The summed E-state index contributed by atoms with van der Waals surface area (Å²) < 4.78 is 49.4. The number of hydrogen-bond acceptors (Lipinski definition) is 7. The Morgan fingerprint density at radius 2 is 1.83 bits per heavy atom. The molecule has 3 heterocycles. The summed E-state index contributed by atoms with van der Waals surface area (Å²) in [5, 5.41) is 13.1. The highest BCUT2D eigenvalue weighted by Crippen LogP contribution is 2.37. The van der Waals surface area contributed by atoms with E-state index in [9.17, 15) is 32.7 Å². The summed E-state index contributed by atoms with van der Waals surface area (Å²) in [5.74, 6) is -0.822. The third kappa shape index (κ3) is 6.97. The number of alkyl halides is 3. The minimum atomic E-state index is -4.70. The number of hydrogen-bond donors (Lipinski definition) is 2. The molecule has 1 aliphatic carbocycles. The maximum atomic E-state index is 14.3. The van der Waals surface area contributed by atoms with Crippen LogP contribution < -0.4 is 15.7 Å². The number of nitrogens with one attached hydrogen (secondary N) is 1. The molecule has 0 unspecified atom stereocenters. The molecule has 5 aromatic rings. The molecule has 2 aliphatic rings. The van der Waals surface area contributed by atoms with Crippen molar-refractivity contribution in [3.05, 3.63) is 128 Å². The molecule has 0 bridgehead atoms. The van der Waals surface area contributed by atoms with Gasteiger partial charge in [0.05, 0.1) is 34.8 Å². The number of fused-ring (bicyclic) bond motifs is 1. The maximum Gasteiger partial charge on any atom is 0.417 e. The van der Waals surface area contributed by atoms with Gasteiger partial charge in [0.15, 0.2) is 0 Å². The fourth-order valence-corrected chi connectivity index (χ4v) is 6.71. The lowest BCUT2D eigenvalue weighted by Gasteiger charge is -2.34. The van der Waals surface area contributed by atoms with Gasteiger partial charge < -0.3 is 20.1 Å². The first-order valence-corrected chi connectivity index (χ1v) is 17.2. The van der Waals surface area contributed by atoms with Crippen LogP contribution in [0.1, 0.15) is 57.4 Å². The number of rotatable bonds is 9. The normalized spacial score (nSPS) is 16.3. The van der Waals surface area contributed by atoms with Gasteiger partial charge in [0.25, 0.3) is 11.8 Å². The number of amides is 2. The summed E-state index contributed by atoms with van der Waals surface area (Å²) in [6.07, 6.45) is -0.354. The van der Waals surface area contributed by atoms with Crippen LogP contribution in [0.5, 0.6) is 5.75 Å². The van der Waals surface area contributed by atoms with Gasteiger partial charge in [-0.2, -0.15) is 13.2 Å². The van der Waals surface area contributed by atoms with E-state index in [1.165, 1.54) is 32.5 Å². The van der Waals surface area contributed by atoms with E-state index in [-0.39, 0.29) is 47.7 Å². The van der Waals surface area contributed by atoms with Gasteiger partial charge in [-0.3, -0.25) is 18.7 Å². The Bertz CT molecular complexity index is 2220. The van der Waals surface area contributed by atoms with Crippen LogP contribution in [-0.2, 0) is 25.8 Å². The molecule has 0 spiro atoms. The van der Waals surface area contributed by atoms with Crippen LogP contribution >= 0.6 is 15.9 Å². The third-order valence-electron chi connectivity index (χ3n) is 9.28. The van der Waals surface area contributed by atoms with E-state index in [2.05, 4.69) is 31.2 Å². The van der Waals surface area contributed by atoms with Crippen LogP contribution in [0.4, 0.5) is 13.2 Å². The van der Waals surface area contributed by atoms with Crippen LogP contribution in [0, 0.1) is 0 Å². The average molecular weight is 778 g/mol. The van der Waals surface area contributed by atoms with Gasteiger partial charge in [-0.15, -0.1) is 0 Å². The molecule has 1 fully saturated rings. The van der Waals surface area contributed by atoms with Crippen LogP contribution in [-0.4, -0.2) is 59.2 Å². The topological polar surface area (TPSA) is 132 Å². The van der Waals surface area contributed by atoms with Gasteiger partial charge >= 0.3 is 11.9 Å². The number of halogens is 4. The Labute approximate surface area is 303 Å². The minimum Gasteiger partial charge on any atom is -0.491 e. The molecule has 2 aromatic heterocycles. The summed E-state index contributed by atoms with van der Waals surface area (Å²) in [4.78, 5) is 51.9. The molecule has 7 rings (SSSR count). The SMILES string of the molecule is C[C@@H]1Cn2c(c(C(=O)NCc3ccccc3-c3ccncn3)n(-c3ccc(OCC4(O)CC4)cc3)c2=O)CN1C(=O)c1ccc(Br)c(C(F)(F)F)c1. The van der Waals surface area contributed by atoms with E-state index in [0.717, 1.165) is 17.2 Å². The standard InChI is InChI=1S/C37H32BrF3N6O5/c1-22-18-46-31(19-45(22)34(49)23-6-11-29(38)28(16-23)37(39,40)41)32(33(48)43-17-24-4-2-3-5-27(24)30-12-15-42-21-44-30)47(35(46)50)25-7-9-26(10-8-25)52-20-36(51)13-14-36/h2-12,15-16,21-22,51H,13-14,17-20H2,1H3,(H,43,48)/t22-/m1/s1. The van der Waals surface area contributed by atoms with Crippen molar-refractivity contribution >= 4 is 27.7 Å². The van der Waals surface area contributed by atoms with Crippen molar-refractivity contribution < 1.29 is 32.6 Å². The number of ether oxygens (including phenoxy) is 1. The Hall–Kier alpha value is -5.28. The van der Waals surface area contributed by atoms with Gasteiger partial charge in [0, 0.05) is 40.9 Å². The van der Waals surface area contributed by atoms with Crippen LogP contribution in [0.2, 0.25) is 0 Å². The zero-order chi connectivity index (χ0) is 36.8. The van der Waals surface area contributed by atoms with Crippen molar-refractivity contribution in [1.82, 2.24) is 29.3 Å². The van der Waals surface area contributed by atoms with Gasteiger partial charge in [-0.1, -0.05) is 40.2 Å². The molecular weight excluding hydrogens is 745 g/mol. The molecule has 52 heavy (non-hydrogen) atoms. The minimum absolute atomic E-state index is 0.00777. The fourth-order valence-electron chi connectivity index (χ4n) is 6.23. The lowest BCUT2D eigenvalue weighted by atomic mass is 10.0. The molecule has 1 atom stereocenters. The highest BCUT2D eigenvalue weighted by molar-refractivity contribution is 9.10. The molecule has 2 N–H and O–H groups in total. The zero-order valence-corrected chi connectivity index (χ0v) is 29.3. The quantitative estimate of drug-likeness (QED) is 0.195. The highest BCUT2D eigenvalue weighted by atomic mass is 79.9. The number of benzene rings is 3. The van der Waals surface area contributed by atoms with E-state index < -0.39 is 40.9 Å². The molecule has 268 valence electrons. The second kappa shape index (κ2) is 13.7. The third-order valence-corrected chi connectivity index (χ3v) is 9.97. The van der Waals surface area contributed by atoms with Gasteiger partial charge in [-0.05, 0) is 73.9 Å². The summed E-state index contributed by atoms with van der Waals surface area (Å²) in [5.41, 5.74) is 0.182. The second-order valence-corrected chi connectivity index (χ2v) is 13.8. The van der Waals surface area contributed by atoms with Crippen molar-refractivity contribution in [3.63, 3.8) is 0 Å². The van der Waals surface area contributed by atoms with Crippen molar-refractivity contribution in [1.29, 1.82) is 0 Å². The number of aromatic nitrogens is 4. The first kappa shape index (κ1) is 35.1. The predicted octanol–water partition coefficient (Wildman–Crippen LogP) is 5.76. The van der Waals surface area contributed by atoms with E-state index in [1.54, 1.807) is 43.5 Å². The Balaban J connectivity index is 1.25. The largest absolute Gasteiger partial charge is 0.491 e. The monoisotopic (exact) mass is 776 g/mol. The molecule has 1 saturated carbocycles. The van der Waals surface area contributed by atoms with E-state index in [1.807, 2.05) is 24.3 Å². The molecule has 0 radical (unpaired) electrons. The van der Waals surface area contributed by atoms with E-state index in [0.29, 0.717) is 30.0 Å². The maximum absolute atomic E-state index is 14.3. The molecule has 2 amide bonds. The molecule has 15 heteroatoms. The first-order chi connectivity index (χ1) is 24.8. The average Bonchev–Trinajstić information content (AvgIpc) is 3.81. The van der Waals surface area contributed by atoms with Crippen molar-refractivity contribution in [2.24, 2.45) is 0 Å². The Kier molecular flexibility index (Phi) is 9.25. The van der Waals surface area contributed by atoms with Crippen molar-refractivity contribution in [2.75, 3.05) is 6.61 Å². The highest BCUT2D eigenvalue weighted by Gasteiger charge is 2.41. The zero-order valence-electron chi connectivity index (χ0n) is 27.7. The number of nitrogens with zero attached hydrogens (tertiary/aromatic N) is 5. The first-order valence-electron chi connectivity index (χ1n) is 16.4. The van der Waals surface area contributed by atoms with Crippen LogP contribution in [0.15, 0.2) is 94.6 Å². The number of carbonyl (C=O) groups is 2. The summed E-state index contributed by atoms with van der Waals surface area (Å²) >= 11 is 2.92. The Morgan fingerprint density at radius 3 is 2.52 bits per heavy atom. The number of aliphatic hydroxyl groups is 1. The van der Waals surface area contributed by atoms with Crippen molar-refractivity contribution in [2.45, 2.75) is 57.2 Å². The number of imidazole rings is 1. The smallest absolute Gasteiger partial charge is 0.417 e. The number of carbonyl (C=O) groups excluding carboxylic acids is 2. The van der Waals surface area contributed by atoms with E-state index >= 15 is 0 Å². The van der Waals surface area contributed by atoms with Gasteiger partial charge in [0.1, 0.15) is 24.4 Å². The summed E-state index contributed by atoms with van der Waals surface area (Å²) in [6, 6.07) is 18.3. The van der Waals surface area contributed by atoms with Crippen LogP contribution in [0.3, 0.4) is 0 Å². The lowest BCUT2D eigenvalue weighted by molar-refractivity contribution is -0.138. The van der Waals surface area contributed by atoms with Gasteiger partial charge in [-0.25, -0.2) is 14.8 Å². The van der Waals surface area contributed by atoms with Gasteiger partial charge in [0.2, 0.25) is 0 Å². The molecule has 11 nitrogen and oxygen atoms in total. The van der Waals surface area contributed by atoms with Crippen molar-refractivity contribution in [3.8, 4) is 22.7 Å². The lowest BCUT2D eigenvalue weighted by Crippen LogP contribution is -2.47. The summed E-state index contributed by atoms with van der Waals surface area (Å²) in [7, 11) is 0. The molecule has 3 aromatic carbocycles. The molecule has 1 aliphatic heterocycles.